The van der Waals surface area contributed by atoms with E-state index in [0.29, 0.717) is 17.8 Å². The first-order valence-electron chi connectivity index (χ1n) is 7.09. The lowest BCUT2D eigenvalue weighted by molar-refractivity contribution is -0.139. The van der Waals surface area contributed by atoms with Gasteiger partial charge in [-0.1, -0.05) is 26.0 Å². The van der Waals surface area contributed by atoms with Crippen LogP contribution in [0.25, 0.3) is 0 Å². The molecule has 0 aliphatic heterocycles. The van der Waals surface area contributed by atoms with Gasteiger partial charge in [0.2, 0.25) is 0 Å². The Hall–Kier alpha value is -1.62. The Morgan fingerprint density at radius 3 is 2.24 bits per heavy atom. The third-order valence-corrected chi connectivity index (χ3v) is 2.44. The van der Waals surface area contributed by atoms with E-state index in [-0.39, 0.29) is 5.97 Å². The van der Waals surface area contributed by atoms with Gasteiger partial charge < -0.3 is 14.7 Å². The molecule has 122 valence electrons. The van der Waals surface area contributed by atoms with Gasteiger partial charge in [0, 0.05) is 17.7 Å². The molecular weight excluding hydrogens is 270 g/mol. The molecular formula is C16H29NO4. The van der Waals surface area contributed by atoms with Crippen LogP contribution in [0.2, 0.25) is 0 Å². The predicted octanol–water partition coefficient (Wildman–Crippen LogP) is 2.87. The molecule has 21 heavy (non-hydrogen) atoms. The summed E-state index contributed by atoms with van der Waals surface area (Å²) in [7, 11) is 3.92. The minimum Gasteiger partial charge on any atom is -0.478 e. The molecule has 0 spiro atoms. The third kappa shape index (κ3) is 16.3. The molecule has 5 heteroatoms. The normalized spacial score (nSPS) is 10.7. The summed E-state index contributed by atoms with van der Waals surface area (Å²) in [5.74, 6) is -1.11. The number of ether oxygens (including phenoxy) is 1. The summed E-state index contributed by atoms with van der Waals surface area (Å²) in [6.07, 6.45) is 4.51. The zero-order chi connectivity index (χ0) is 16.8. The van der Waals surface area contributed by atoms with E-state index in [0.717, 1.165) is 25.8 Å². The lowest BCUT2D eigenvalue weighted by Crippen LogP contribution is -2.12. The van der Waals surface area contributed by atoms with Crippen molar-refractivity contribution in [3.05, 3.63) is 23.8 Å². The summed E-state index contributed by atoms with van der Waals surface area (Å²) >= 11 is 0. The van der Waals surface area contributed by atoms with E-state index < -0.39 is 5.97 Å². The molecule has 0 aliphatic carbocycles. The molecule has 1 N–H and O–H groups in total. The van der Waals surface area contributed by atoms with Crippen molar-refractivity contribution in [1.82, 2.24) is 4.90 Å². The van der Waals surface area contributed by atoms with E-state index in [2.05, 4.69) is 13.5 Å². The molecule has 0 radical (unpaired) electrons. The highest BCUT2D eigenvalue weighted by molar-refractivity contribution is 5.86. The predicted molar refractivity (Wildman–Crippen MR) is 85.2 cm³/mol. The van der Waals surface area contributed by atoms with Crippen LogP contribution in [0.1, 0.15) is 40.0 Å². The summed E-state index contributed by atoms with van der Waals surface area (Å²) in [6, 6.07) is 0. The maximum Gasteiger partial charge on any atom is 0.333 e. The number of aliphatic carboxylic acids is 1. The van der Waals surface area contributed by atoms with Gasteiger partial charge >= 0.3 is 11.9 Å². The van der Waals surface area contributed by atoms with E-state index in [9.17, 15) is 9.59 Å². The van der Waals surface area contributed by atoms with Crippen molar-refractivity contribution in [3.63, 3.8) is 0 Å². The van der Waals surface area contributed by atoms with Gasteiger partial charge in [0.15, 0.2) is 0 Å². The van der Waals surface area contributed by atoms with Crippen molar-refractivity contribution in [3.8, 4) is 0 Å². The first-order chi connectivity index (χ1) is 9.72. The average Bonchev–Trinajstić information content (AvgIpc) is 2.38. The molecule has 0 aromatic rings. The Morgan fingerprint density at radius 2 is 1.86 bits per heavy atom. The van der Waals surface area contributed by atoms with E-state index in [1.54, 1.807) is 19.9 Å². The van der Waals surface area contributed by atoms with Crippen LogP contribution < -0.4 is 0 Å². The number of carbonyl (C=O) groups excluding carboxylic acids is 1. The summed E-state index contributed by atoms with van der Waals surface area (Å²) < 4.78 is 4.81. The average molecular weight is 299 g/mol. The van der Waals surface area contributed by atoms with Crippen molar-refractivity contribution in [1.29, 1.82) is 0 Å². The van der Waals surface area contributed by atoms with Gasteiger partial charge in [-0.2, -0.15) is 0 Å². The van der Waals surface area contributed by atoms with Crippen molar-refractivity contribution >= 4 is 11.9 Å². The van der Waals surface area contributed by atoms with Crippen molar-refractivity contribution in [2.24, 2.45) is 0 Å². The quantitative estimate of drug-likeness (QED) is 0.424. The molecule has 0 fully saturated rings. The third-order valence-electron chi connectivity index (χ3n) is 2.44. The second-order valence-corrected chi connectivity index (χ2v) is 5.05. The molecule has 0 bridgehead atoms. The monoisotopic (exact) mass is 299 g/mol. The summed E-state index contributed by atoms with van der Waals surface area (Å²) in [6.45, 7) is 10.2. The van der Waals surface area contributed by atoms with Gasteiger partial charge in [-0.25, -0.2) is 9.59 Å². The van der Waals surface area contributed by atoms with Crippen molar-refractivity contribution in [2.45, 2.75) is 40.0 Å². The van der Waals surface area contributed by atoms with Crippen LogP contribution >= 0.6 is 0 Å². The maximum atomic E-state index is 10.7. The zero-order valence-electron chi connectivity index (χ0n) is 13.9. The number of carboxylic acid groups (broad SMARTS) is 1. The SMILES string of the molecule is C=C(C)C(=O)OCCCC.CC(=CCCN(C)C)C(=O)O. The minimum atomic E-state index is -0.830. The smallest absolute Gasteiger partial charge is 0.333 e. The van der Waals surface area contributed by atoms with E-state index in [1.807, 2.05) is 19.0 Å². The zero-order valence-corrected chi connectivity index (χ0v) is 13.9. The standard InChI is InChI=1S/C8H15NO2.C8H14O2/c1-7(8(10)11)5-4-6-9(2)3;1-4-5-6-10-8(9)7(2)3/h5H,4,6H2,1-3H3,(H,10,11);2,4-6H2,1,3H3. The van der Waals surface area contributed by atoms with Gasteiger partial charge in [-0.15, -0.1) is 0 Å². The van der Waals surface area contributed by atoms with Crippen LogP contribution in [0, 0.1) is 0 Å². The highest BCUT2D eigenvalue weighted by Crippen LogP contribution is 1.95. The topological polar surface area (TPSA) is 66.8 Å². The molecule has 0 rings (SSSR count). The van der Waals surface area contributed by atoms with E-state index in [1.165, 1.54) is 0 Å². The first-order valence-corrected chi connectivity index (χ1v) is 7.09. The summed E-state index contributed by atoms with van der Waals surface area (Å²) in [5, 5.41) is 8.47. The lowest BCUT2D eigenvalue weighted by Gasteiger charge is -2.05. The lowest BCUT2D eigenvalue weighted by atomic mass is 10.2. The number of esters is 1. The molecule has 0 saturated heterocycles. The fourth-order valence-corrected chi connectivity index (χ4v) is 1.06. The number of unbranched alkanes of at least 4 members (excludes halogenated alkanes) is 1. The van der Waals surface area contributed by atoms with Gasteiger partial charge in [0.25, 0.3) is 0 Å². The van der Waals surface area contributed by atoms with Crippen LogP contribution in [0.5, 0.6) is 0 Å². The molecule has 0 unspecified atom stereocenters. The van der Waals surface area contributed by atoms with E-state index in [4.69, 9.17) is 9.84 Å². The van der Waals surface area contributed by atoms with Crippen molar-refractivity contribution < 1.29 is 19.4 Å². The largest absolute Gasteiger partial charge is 0.478 e. The van der Waals surface area contributed by atoms with Gasteiger partial charge in [-0.3, -0.25) is 0 Å². The Morgan fingerprint density at radius 1 is 1.29 bits per heavy atom. The van der Waals surface area contributed by atoms with Crippen LogP contribution in [0.3, 0.4) is 0 Å². The number of hydrogen-bond donors (Lipinski definition) is 1. The molecule has 0 aromatic heterocycles. The Kier molecular flexibility index (Phi) is 13.8. The molecule has 0 aliphatic rings. The Bertz CT molecular complexity index is 359. The molecule has 0 amide bonds. The van der Waals surface area contributed by atoms with Crippen LogP contribution in [-0.2, 0) is 14.3 Å². The maximum absolute atomic E-state index is 10.7. The molecule has 0 atom stereocenters. The van der Waals surface area contributed by atoms with Gasteiger partial charge in [0.05, 0.1) is 6.61 Å². The molecule has 0 saturated carbocycles. The Balaban J connectivity index is 0. The molecule has 0 aromatic carbocycles. The highest BCUT2D eigenvalue weighted by atomic mass is 16.5. The summed E-state index contributed by atoms with van der Waals surface area (Å²) in [4.78, 5) is 23.0. The molecule has 0 heterocycles. The van der Waals surface area contributed by atoms with Crippen LogP contribution in [0.4, 0.5) is 0 Å². The fourth-order valence-electron chi connectivity index (χ4n) is 1.06. The second-order valence-electron chi connectivity index (χ2n) is 5.05. The number of carbonyl (C=O) groups is 2. The van der Waals surface area contributed by atoms with Gasteiger partial charge in [0.1, 0.15) is 0 Å². The highest BCUT2D eigenvalue weighted by Gasteiger charge is 2.00. The van der Waals surface area contributed by atoms with Crippen molar-refractivity contribution in [2.75, 3.05) is 27.2 Å². The Labute approximate surface area is 128 Å². The number of rotatable bonds is 8. The minimum absolute atomic E-state index is 0.284. The summed E-state index contributed by atoms with van der Waals surface area (Å²) in [5.41, 5.74) is 0.892. The molecule has 5 nitrogen and oxygen atoms in total. The van der Waals surface area contributed by atoms with E-state index >= 15 is 0 Å². The number of carboxylic acids is 1. The van der Waals surface area contributed by atoms with Gasteiger partial charge in [-0.05, 0) is 40.8 Å². The second kappa shape index (κ2) is 13.4. The van der Waals surface area contributed by atoms with Crippen LogP contribution in [0.15, 0.2) is 23.8 Å². The van der Waals surface area contributed by atoms with Crippen LogP contribution in [-0.4, -0.2) is 49.2 Å². The first kappa shape index (κ1) is 21.7. The number of nitrogens with zero attached hydrogens (tertiary/aromatic N) is 1. The fraction of sp³-hybridized carbons (Fsp3) is 0.625. The number of hydrogen-bond acceptors (Lipinski definition) is 4.